The normalized spacial score (nSPS) is 12.5. The van der Waals surface area contributed by atoms with Crippen molar-refractivity contribution in [3.8, 4) is 0 Å². The van der Waals surface area contributed by atoms with Gasteiger partial charge in [0.15, 0.2) is 0 Å². The van der Waals surface area contributed by atoms with Crippen LogP contribution in [0.25, 0.3) is 0 Å². The predicted octanol–water partition coefficient (Wildman–Crippen LogP) is 5.48. The van der Waals surface area contributed by atoms with Crippen molar-refractivity contribution in [1.29, 1.82) is 0 Å². The van der Waals surface area contributed by atoms with Crippen molar-refractivity contribution < 1.29 is 18.0 Å². The van der Waals surface area contributed by atoms with E-state index in [1.54, 1.807) is 61.5 Å². The molecule has 0 aliphatic heterocycles. The van der Waals surface area contributed by atoms with Crippen LogP contribution < -0.4 is 9.62 Å². The molecular formula is C30H36ClN3O4S. The molecule has 0 radical (unpaired) electrons. The molecule has 7 nitrogen and oxygen atoms in total. The Kier molecular flexibility index (Phi) is 9.46. The van der Waals surface area contributed by atoms with E-state index in [4.69, 9.17) is 11.6 Å². The average molecular weight is 570 g/mol. The van der Waals surface area contributed by atoms with Gasteiger partial charge in [-0.3, -0.25) is 13.9 Å². The molecule has 39 heavy (non-hydrogen) atoms. The predicted molar refractivity (Wildman–Crippen MR) is 156 cm³/mol. The Hall–Kier alpha value is -3.36. The molecule has 0 aromatic heterocycles. The van der Waals surface area contributed by atoms with Crippen molar-refractivity contribution in [2.24, 2.45) is 0 Å². The molecule has 3 aromatic carbocycles. The number of amides is 2. The lowest BCUT2D eigenvalue weighted by Gasteiger charge is -2.33. The van der Waals surface area contributed by atoms with Crippen LogP contribution in [0.4, 0.5) is 5.69 Å². The Balaban J connectivity index is 2.03. The lowest BCUT2D eigenvalue weighted by molar-refractivity contribution is -0.140. The van der Waals surface area contributed by atoms with Gasteiger partial charge in [-0.1, -0.05) is 53.6 Å². The second-order valence-corrected chi connectivity index (χ2v) is 13.0. The SMILES string of the molecule is Cc1ccc(S(=O)(=O)N(CC(=O)N(Cc2ccc(Cl)cc2)[C@@H](C)C(=O)NC(C)(C)C)c2cccc(C)c2)cc1. The first-order valence-electron chi connectivity index (χ1n) is 12.7. The number of nitrogens with zero attached hydrogens (tertiary/aromatic N) is 2. The zero-order chi connectivity index (χ0) is 29.0. The fourth-order valence-corrected chi connectivity index (χ4v) is 5.52. The van der Waals surface area contributed by atoms with Gasteiger partial charge in [0.25, 0.3) is 10.0 Å². The molecule has 0 saturated heterocycles. The minimum Gasteiger partial charge on any atom is -0.350 e. The van der Waals surface area contributed by atoms with Crippen LogP contribution >= 0.6 is 11.6 Å². The Morgan fingerprint density at radius 2 is 1.54 bits per heavy atom. The molecule has 0 spiro atoms. The van der Waals surface area contributed by atoms with E-state index >= 15 is 0 Å². The third kappa shape index (κ3) is 8.07. The molecular weight excluding hydrogens is 534 g/mol. The number of hydrogen-bond donors (Lipinski definition) is 1. The summed E-state index contributed by atoms with van der Waals surface area (Å²) in [5, 5.41) is 3.46. The molecule has 1 atom stereocenters. The molecule has 0 aliphatic rings. The van der Waals surface area contributed by atoms with Gasteiger partial charge in [0, 0.05) is 17.1 Å². The Morgan fingerprint density at radius 1 is 0.923 bits per heavy atom. The van der Waals surface area contributed by atoms with Crippen LogP contribution in [0.3, 0.4) is 0 Å². The summed E-state index contributed by atoms with van der Waals surface area (Å²) in [5.41, 5.74) is 2.37. The maximum atomic E-state index is 13.9. The Bertz CT molecular complexity index is 1420. The summed E-state index contributed by atoms with van der Waals surface area (Å²) >= 11 is 6.05. The van der Waals surface area contributed by atoms with Crippen LogP contribution in [0, 0.1) is 13.8 Å². The largest absolute Gasteiger partial charge is 0.350 e. The second kappa shape index (κ2) is 12.2. The van der Waals surface area contributed by atoms with E-state index in [0.29, 0.717) is 10.7 Å². The minimum absolute atomic E-state index is 0.0742. The topological polar surface area (TPSA) is 86.8 Å². The zero-order valence-corrected chi connectivity index (χ0v) is 24.8. The first kappa shape index (κ1) is 30.2. The molecule has 3 aromatic rings. The lowest BCUT2D eigenvalue weighted by Crippen LogP contribution is -2.54. The minimum atomic E-state index is -4.10. The summed E-state index contributed by atoms with van der Waals surface area (Å²) in [6.07, 6.45) is 0. The molecule has 3 rings (SSSR count). The van der Waals surface area contributed by atoms with Crippen molar-refractivity contribution in [3.63, 3.8) is 0 Å². The van der Waals surface area contributed by atoms with Gasteiger partial charge in [-0.15, -0.1) is 0 Å². The number of hydrogen-bond acceptors (Lipinski definition) is 4. The number of halogens is 1. The van der Waals surface area contributed by atoms with Crippen LogP contribution in [0.5, 0.6) is 0 Å². The van der Waals surface area contributed by atoms with Crippen molar-refractivity contribution in [2.75, 3.05) is 10.8 Å². The van der Waals surface area contributed by atoms with E-state index in [1.165, 1.54) is 17.0 Å². The molecule has 0 fully saturated rings. The molecule has 0 bridgehead atoms. The van der Waals surface area contributed by atoms with Crippen molar-refractivity contribution in [2.45, 2.75) is 64.6 Å². The molecule has 1 N–H and O–H groups in total. The highest BCUT2D eigenvalue weighted by atomic mass is 35.5. The fourth-order valence-electron chi connectivity index (χ4n) is 3.99. The smallest absolute Gasteiger partial charge is 0.264 e. The van der Waals surface area contributed by atoms with Gasteiger partial charge in [-0.25, -0.2) is 8.42 Å². The van der Waals surface area contributed by atoms with Crippen LogP contribution in [0.2, 0.25) is 5.02 Å². The molecule has 9 heteroatoms. The van der Waals surface area contributed by atoms with E-state index in [1.807, 2.05) is 40.7 Å². The van der Waals surface area contributed by atoms with Gasteiger partial charge in [0.2, 0.25) is 11.8 Å². The van der Waals surface area contributed by atoms with Crippen LogP contribution in [0.15, 0.2) is 77.7 Å². The number of nitrogens with one attached hydrogen (secondary N) is 1. The summed E-state index contributed by atoms with van der Waals surface area (Å²) < 4.78 is 28.8. The van der Waals surface area contributed by atoms with Gasteiger partial charge in [0.05, 0.1) is 10.6 Å². The highest BCUT2D eigenvalue weighted by Crippen LogP contribution is 2.26. The number of rotatable bonds is 9. The lowest BCUT2D eigenvalue weighted by atomic mass is 10.1. The Morgan fingerprint density at radius 3 is 2.10 bits per heavy atom. The summed E-state index contributed by atoms with van der Waals surface area (Å²) in [6, 6.07) is 19.6. The van der Waals surface area contributed by atoms with Crippen LogP contribution in [0.1, 0.15) is 44.4 Å². The first-order chi connectivity index (χ1) is 18.2. The molecule has 0 saturated carbocycles. The quantitative estimate of drug-likeness (QED) is 0.369. The number of carbonyl (C=O) groups is 2. The van der Waals surface area contributed by atoms with Gasteiger partial charge < -0.3 is 10.2 Å². The van der Waals surface area contributed by atoms with Crippen molar-refractivity contribution in [1.82, 2.24) is 10.2 Å². The standard InChI is InChI=1S/C30H36ClN3O4S/c1-21-10-16-27(17-11-21)39(37,38)34(26-9-7-8-22(2)18-26)20-28(35)33(19-24-12-14-25(31)15-13-24)23(3)29(36)32-30(4,5)6/h7-18,23H,19-20H2,1-6H3,(H,32,36)/t23-/m0/s1. The van der Waals surface area contributed by atoms with E-state index in [9.17, 15) is 18.0 Å². The molecule has 0 unspecified atom stereocenters. The van der Waals surface area contributed by atoms with Crippen LogP contribution in [-0.4, -0.2) is 43.3 Å². The highest BCUT2D eigenvalue weighted by Gasteiger charge is 2.33. The third-order valence-corrected chi connectivity index (χ3v) is 8.15. The fraction of sp³-hybridized carbons (Fsp3) is 0.333. The number of aryl methyl sites for hydroxylation is 2. The van der Waals surface area contributed by atoms with Crippen LogP contribution in [-0.2, 0) is 26.2 Å². The van der Waals surface area contributed by atoms with E-state index in [-0.39, 0.29) is 17.3 Å². The number of benzene rings is 3. The van der Waals surface area contributed by atoms with Crippen molar-refractivity contribution in [3.05, 3.63) is 94.5 Å². The maximum absolute atomic E-state index is 13.9. The van der Waals surface area contributed by atoms with Crippen molar-refractivity contribution >= 4 is 39.1 Å². The second-order valence-electron chi connectivity index (χ2n) is 10.7. The van der Waals surface area contributed by atoms with E-state index in [2.05, 4.69) is 5.32 Å². The monoisotopic (exact) mass is 569 g/mol. The summed E-state index contributed by atoms with van der Waals surface area (Å²) in [7, 11) is -4.10. The Labute approximate surface area is 236 Å². The van der Waals surface area contributed by atoms with Gasteiger partial charge in [-0.2, -0.15) is 0 Å². The third-order valence-electron chi connectivity index (χ3n) is 6.11. The highest BCUT2D eigenvalue weighted by molar-refractivity contribution is 7.92. The molecule has 2 amide bonds. The first-order valence-corrected chi connectivity index (χ1v) is 14.5. The van der Waals surface area contributed by atoms with E-state index < -0.39 is 34.1 Å². The summed E-state index contributed by atoms with van der Waals surface area (Å²) in [4.78, 5) is 28.6. The summed E-state index contributed by atoms with van der Waals surface area (Å²) in [5.74, 6) is -0.855. The van der Waals surface area contributed by atoms with E-state index in [0.717, 1.165) is 21.0 Å². The molecule has 0 heterocycles. The average Bonchev–Trinajstić information content (AvgIpc) is 2.85. The number of carbonyl (C=O) groups excluding carboxylic acids is 2. The van der Waals surface area contributed by atoms with Gasteiger partial charge in [-0.05, 0) is 89.1 Å². The number of anilines is 1. The molecule has 208 valence electrons. The number of sulfonamides is 1. The zero-order valence-electron chi connectivity index (χ0n) is 23.2. The van der Waals surface area contributed by atoms with Gasteiger partial charge >= 0.3 is 0 Å². The summed E-state index contributed by atoms with van der Waals surface area (Å²) in [6.45, 7) is 10.6. The maximum Gasteiger partial charge on any atom is 0.264 e. The van der Waals surface area contributed by atoms with Gasteiger partial charge in [0.1, 0.15) is 12.6 Å². The molecule has 0 aliphatic carbocycles.